The molecule has 2 aromatic carbocycles. The average Bonchev–Trinajstić information content (AvgIpc) is 3.32. The van der Waals surface area contributed by atoms with E-state index in [-0.39, 0.29) is 5.56 Å². The van der Waals surface area contributed by atoms with E-state index in [0.717, 1.165) is 11.1 Å². The molecule has 0 saturated heterocycles. The molecule has 30 heavy (non-hydrogen) atoms. The first-order valence-corrected chi connectivity index (χ1v) is 9.76. The minimum absolute atomic E-state index is 0.251. The molecule has 0 aliphatic rings. The third-order valence-corrected chi connectivity index (χ3v) is 5.50. The molecule has 0 atom stereocenters. The van der Waals surface area contributed by atoms with Gasteiger partial charge in [-0.3, -0.25) is 4.79 Å². The monoisotopic (exact) mass is 425 g/mol. The van der Waals surface area contributed by atoms with Crippen LogP contribution in [0.5, 0.6) is 23.0 Å². The number of methoxy groups -OCH3 is 4. The number of nitrogens with zero attached hydrogens (tertiary/aromatic N) is 3. The molecule has 0 radical (unpaired) electrons. The molecule has 0 N–H and O–H groups in total. The fourth-order valence-electron chi connectivity index (χ4n) is 3.10. The van der Waals surface area contributed by atoms with Crippen molar-refractivity contribution in [2.24, 2.45) is 0 Å². The highest BCUT2D eigenvalue weighted by Crippen LogP contribution is 2.32. The Kier molecular flexibility index (Phi) is 5.28. The minimum Gasteiger partial charge on any atom is -0.493 e. The van der Waals surface area contributed by atoms with Gasteiger partial charge in [0.1, 0.15) is 0 Å². The number of aromatic nitrogens is 3. The SMILES string of the molecule is COc1ccc(-c2nc3sc(=Cc4cccc(OC)c4OC)c(=O)n3n2)cc1OC. The van der Waals surface area contributed by atoms with E-state index in [2.05, 4.69) is 10.1 Å². The van der Waals surface area contributed by atoms with Crippen molar-refractivity contribution in [1.82, 2.24) is 14.6 Å². The molecule has 0 fully saturated rings. The summed E-state index contributed by atoms with van der Waals surface area (Å²) in [5.74, 6) is 2.76. The molecule has 0 bridgehead atoms. The van der Waals surface area contributed by atoms with Gasteiger partial charge in [-0.15, -0.1) is 5.10 Å². The molecule has 0 aliphatic carbocycles. The van der Waals surface area contributed by atoms with Crippen LogP contribution in [0.15, 0.2) is 41.2 Å². The summed E-state index contributed by atoms with van der Waals surface area (Å²) >= 11 is 1.25. The summed E-state index contributed by atoms with van der Waals surface area (Å²) in [5.41, 5.74) is 1.21. The van der Waals surface area contributed by atoms with Gasteiger partial charge in [-0.2, -0.15) is 9.50 Å². The summed E-state index contributed by atoms with van der Waals surface area (Å²) < 4.78 is 23.1. The molecule has 2 heterocycles. The van der Waals surface area contributed by atoms with Crippen molar-refractivity contribution in [2.75, 3.05) is 28.4 Å². The van der Waals surface area contributed by atoms with Crippen LogP contribution < -0.4 is 29.0 Å². The number of rotatable bonds is 6. The Morgan fingerprint density at radius 1 is 0.933 bits per heavy atom. The van der Waals surface area contributed by atoms with Crippen LogP contribution in [0.4, 0.5) is 0 Å². The van der Waals surface area contributed by atoms with Crippen molar-refractivity contribution in [1.29, 1.82) is 0 Å². The molecule has 2 aromatic heterocycles. The topological polar surface area (TPSA) is 84.2 Å². The van der Waals surface area contributed by atoms with Gasteiger partial charge in [0.05, 0.1) is 33.0 Å². The van der Waals surface area contributed by atoms with Crippen LogP contribution in [0.2, 0.25) is 0 Å². The second kappa shape index (κ2) is 8.03. The third-order valence-electron chi connectivity index (χ3n) is 4.54. The van der Waals surface area contributed by atoms with E-state index in [1.807, 2.05) is 18.2 Å². The predicted molar refractivity (Wildman–Crippen MR) is 114 cm³/mol. The molecule has 4 aromatic rings. The largest absolute Gasteiger partial charge is 0.493 e. The third kappa shape index (κ3) is 3.33. The van der Waals surface area contributed by atoms with Crippen molar-refractivity contribution in [2.45, 2.75) is 0 Å². The number of ether oxygens (including phenoxy) is 4. The number of thiazole rings is 1. The molecule has 8 nitrogen and oxygen atoms in total. The Bertz CT molecular complexity index is 1330. The van der Waals surface area contributed by atoms with Crippen molar-refractivity contribution < 1.29 is 18.9 Å². The molecule has 0 saturated carbocycles. The Labute approximate surface area is 175 Å². The van der Waals surface area contributed by atoms with Crippen LogP contribution >= 0.6 is 11.3 Å². The van der Waals surface area contributed by atoms with Gasteiger partial charge in [-0.1, -0.05) is 23.5 Å². The molecule has 0 aliphatic heterocycles. The molecule has 9 heteroatoms. The number of benzene rings is 2. The van der Waals surface area contributed by atoms with E-state index in [1.165, 1.54) is 15.9 Å². The number of hydrogen-bond acceptors (Lipinski definition) is 8. The summed E-state index contributed by atoms with van der Waals surface area (Å²) in [6, 6.07) is 10.9. The molecular weight excluding hydrogens is 406 g/mol. The van der Waals surface area contributed by atoms with Gasteiger partial charge in [-0.25, -0.2) is 0 Å². The van der Waals surface area contributed by atoms with Crippen molar-refractivity contribution >= 4 is 22.4 Å². The fourth-order valence-corrected chi connectivity index (χ4v) is 4.00. The Hall–Kier alpha value is -3.59. The van der Waals surface area contributed by atoms with E-state index in [4.69, 9.17) is 18.9 Å². The number of para-hydroxylation sites is 1. The average molecular weight is 425 g/mol. The zero-order chi connectivity index (χ0) is 21.3. The lowest BCUT2D eigenvalue weighted by molar-refractivity contribution is 0.354. The summed E-state index contributed by atoms with van der Waals surface area (Å²) in [4.78, 5) is 17.9. The van der Waals surface area contributed by atoms with Crippen LogP contribution in [0.3, 0.4) is 0 Å². The van der Waals surface area contributed by atoms with Crippen LogP contribution in [0.1, 0.15) is 5.56 Å². The van der Waals surface area contributed by atoms with E-state index in [1.54, 1.807) is 52.7 Å². The minimum atomic E-state index is -0.251. The van der Waals surface area contributed by atoms with Gasteiger partial charge < -0.3 is 18.9 Å². The van der Waals surface area contributed by atoms with Crippen LogP contribution in [0, 0.1) is 0 Å². The van der Waals surface area contributed by atoms with Gasteiger partial charge in [-0.05, 0) is 30.3 Å². The standard InChI is InChI=1S/C21H19N3O5S/c1-26-14-9-8-13(10-16(14)28-3)19-22-21-24(23-19)20(25)17(30-21)11-12-6-5-7-15(27-2)18(12)29-4/h5-11H,1-4H3. The van der Waals surface area contributed by atoms with Crippen LogP contribution in [-0.2, 0) is 0 Å². The van der Waals surface area contributed by atoms with E-state index >= 15 is 0 Å². The van der Waals surface area contributed by atoms with Gasteiger partial charge in [0.2, 0.25) is 4.96 Å². The first-order valence-electron chi connectivity index (χ1n) is 8.94. The maximum atomic E-state index is 12.9. The van der Waals surface area contributed by atoms with Crippen LogP contribution in [-0.4, -0.2) is 43.0 Å². The smallest absolute Gasteiger partial charge is 0.291 e. The quantitative estimate of drug-likeness (QED) is 0.469. The molecule has 0 amide bonds. The molecule has 0 unspecified atom stereocenters. The first-order chi connectivity index (χ1) is 14.6. The Morgan fingerprint density at radius 2 is 1.70 bits per heavy atom. The maximum absolute atomic E-state index is 12.9. The Balaban J connectivity index is 1.79. The van der Waals surface area contributed by atoms with E-state index < -0.39 is 0 Å². The summed E-state index contributed by atoms with van der Waals surface area (Å²) in [6.07, 6.45) is 1.75. The normalized spacial score (nSPS) is 11.7. The lowest BCUT2D eigenvalue weighted by Gasteiger charge is -2.09. The maximum Gasteiger partial charge on any atom is 0.291 e. The van der Waals surface area contributed by atoms with Crippen molar-refractivity contribution in [3.63, 3.8) is 0 Å². The highest BCUT2D eigenvalue weighted by Gasteiger charge is 2.15. The van der Waals surface area contributed by atoms with E-state index in [0.29, 0.717) is 38.3 Å². The summed E-state index contributed by atoms with van der Waals surface area (Å²) in [7, 11) is 6.26. The van der Waals surface area contributed by atoms with Gasteiger partial charge >= 0.3 is 0 Å². The second-order valence-corrected chi connectivity index (χ2v) is 7.21. The van der Waals surface area contributed by atoms with Crippen molar-refractivity contribution in [3.8, 4) is 34.4 Å². The second-order valence-electron chi connectivity index (χ2n) is 6.20. The molecule has 4 rings (SSSR count). The number of hydrogen-bond donors (Lipinski definition) is 0. The van der Waals surface area contributed by atoms with Gasteiger partial charge in [0.25, 0.3) is 5.56 Å². The first kappa shape index (κ1) is 19.7. The van der Waals surface area contributed by atoms with Crippen LogP contribution in [0.25, 0.3) is 22.4 Å². The van der Waals surface area contributed by atoms with Gasteiger partial charge in [0.15, 0.2) is 28.8 Å². The van der Waals surface area contributed by atoms with Gasteiger partial charge in [0, 0.05) is 11.1 Å². The fraction of sp³-hybridized carbons (Fsp3) is 0.190. The highest BCUT2D eigenvalue weighted by atomic mass is 32.1. The zero-order valence-corrected chi connectivity index (χ0v) is 17.6. The summed E-state index contributed by atoms with van der Waals surface area (Å²) in [5, 5.41) is 4.38. The number of fused-ring (bicyclic) bond motifs is 1. The predicted octanol–water partition coefficient (Wildman–Crippen LogP) is 2.40. The molecular formula is C21H19N3O5S. The lowest BCUT2D eigenvalue weighted by Crippen LogP contribution is -2.23. The zero-order valence-electron chi connectivity index (χ0n) is 16.8. The summed E-state index contributed by atoms with van der Waals surface area (Å²) in [6.45, 7) is 0. The lowest BCUT2D eigenvalue weighted by atomic mass is 10.2. The molecule has 154 valence electrons. The van der Waals surface area contributed by atoms with E-state index in [9.17, 15) is 4.79 Å². The Morgan fingerprint density at radius 3 is 2.37 bits per heavy atom. The van der Waals surface area contributed by atoms with Crippen molar-refractivity contribution in [3.05, 3.63) is 56.8 Å². The highest BCUT2D eigenvalue weighted by molar-refractivity contribution is 7.15. The molecule has 0 spiro atoms.